The van der Waals surface area contributed by atoms with Crippen LogP contribution in [0.1, 0.15) is 20.8 Å². The highest BCUT2D eigenvalue weighted by Gasteiger charge is 2.39. The van der Waals surface area contributed by atoms with Gasteiger partial charge < -0.3 is 4.90 Å². The van der Waals surface area contributed by atoms with Crippen molar-refractivity contribution in [2.75, 3.05) is 20.2 Å². The Hall–Kier alpha value is -1.36. The number of rotatable bonds is 5. The first-order valence-corrected chi connectivity index (χ1v) is 5.68. The molecular formula is C12H20N2O3. The van der Waals surface area contributed by atoms with Crippen LogP contribution in [0.5, 0.6) is 0 Å². The molecule has 0 aromatic rings. The maximum absolute atomic E-state index is 11.9. The molecule has 5 nitrogen and oxygen atoms in total. The fourth-order valence-corrected chi connectivity index (χ4v) is 1.70. The molecule has 1 aliphatic heterocycles. The molecule has 0 N–H and O–H groups in total. The van der Waals surface area contributed by atoms with Gasteiger partial charge in [0.2, 0.25) is 0 Å². The lowest BCUT2D eigenvalue weighted by Crippen LogP contribution is -2.36. The fraction of sp³-hybridized carbons (Fsp3) is 0.667. The summed E-state index contributed by atoms with van der Waals surface area (Å²) in [6, 6.07) is -0.443. The lowest BCUT2D eigenvalue weighted by Gasteiger charge is -2.19. The third-order valence-corrected chi connectivity index (χ3v) is 2.89. The third kappa shape index (κ3) is 2.85. The van der Waals surface area contributed by atoms with Crippen molar-refractivity contribution in [1.82, 2.24) is 9.96 Å². The summed E-state index contributed by atoms with van der Waals surface area (Å²) >= 11 is 0. The predicted molar refractivity (Wildman–Crippen MR) is 64.3 cm³/mol. The summed E-state index contributed by atoms with van der Waals surface area (Å²) in [5.74, 6) is -0.0144. The Bertz CT molecular complexity index is 339. The van der Waals surface area contributed by atoms with Crippen LogP contribution in [0.15, 0.2) is 12.2 Å². The number of ketones is 1. The number of carbonyl (C=O) groups excluding carboxylic acids is 2. The van der Waals surface area contributed by atoms with E-state index in [0.29, 0.717) is 6.54 Å². The van der Waals surface area contributed by atoms with Crippen molar-refractivity contribution < 1.29 is 14.4 Å². The van der Waals surface area contributed by atoms with Crippen LogP contribution in [-0.2, 0) is 9.63 Å². The molecule has 0 spiro atoms. The molecule has 1 atom stereocenters. The molecular weight excluding hydrogens is 220 g/mol. The molecule has 0 aliphatic carbocycles. The molecule has 1 heterocycles. The zero-order valence-electron chi connectivity index (χ0n) is 10.9. The first-order chi connectivity index (χ1) is 7.88. The Kier molecular flexibility index (Phi) is 4.28. The Morgan fingerprint density at radius 3 is 2.53 bits per heavy atom. The van der Waals surface area contributed by atoms with Gasteiger partial charge in [-0.25, -0.2) is 4.79 Å². The van der Waals surface area contributed by atoms with Gasteiger partial charge >= 0.3 is 6.03 Å². The van der Waals surface area contributed by atoms with Gasteiger partial charge in [0.05, 0.1) is 19.7 Å². The van der Waals surface area contributed by atoms with Crippen LogP contribution in [0.3, 0.4) is 0 Å². The smallest absolute Gasteiger partial charge is 0.313 e. The average Bonchev–Trinajstić information content (AvgIpc) is 2.55. The van der Waals surface area contributed by atoms with Crippen molar-refractivity contribution in [3.8, 4) is 0 Å². The third-order valence-electron chi connectivity index (χ3n) is 2.89. The number of carbonyl (C=O) groups is 2. The molecule has 17 heavy (non-hydrogen) atoms. The van der Waals surface area contributed by atoms with Gasteiger partial charge in [-0.3, -0.25) is 9.63 Å². The van der Waals surface area contributed by atoms with Crippen LogP contribution in [0.25, 0.3) is 0 Å². The van der Waals surface area contributed by atoms with Crippen molar-refractivity contribution in [1.29, 1.82) is 0 Å². The van der Waals surface area contributed by atoms with Gasteiger partial charge in [-0.1, -0.05) is 26.0 Å². The van der Waals surface area contributed by atoms with Crippen LogP contribution < -0.4 is 0 Å². The number of amides is 2. The lowest BCUT2D eigenvalue weighted by atomic mass is 10.1. The average molecular weight is 240 g/mol. The highest BCUT2D eigenvalue weighted by Crippen LogP contribution is 2.21. The zero-order valence-corrected chi connectivity index (χ0v) is 10.9. The number of urea groups is 1. The fourth-order valence-electron chi connectivity index (χ4n) is 1.70. The van der Waals surface area contributed by atoms with Crippen molar-refractivity contribution in [3.05, 3.63) is 12.2 Å². The normalized spacial score (nSPS) is 20.3. The van der Waals surface area contributed by atoms with Crippen LogP contribution in [-0.4, -0.2) is 48.0 Å². The van der Waals surface area contributed by atoms with E-state index in [9.17, 15) is 9.59 Å². The van der Waals surface area contributed by atoms with E-state index in [-0.39, 0.29) is 30.3 Å². The van der Waals surface area contributed by atoms with E-state index in [1.165, 1.54) is 17.1 Å². The minimum atomic E-state index is -0.269. The Balaban J connectivity index is 2.74. The maximum atomic E-state index is 11.9. The summed E-state index contributed by atoms with van der Waals surface area (Å²) in [7, 11) is 1.45. The predicted octanol–water partition coefficient (Wildman–Crippen LogP) is 1.46. The summed E-state index contributed by atoms with van der Waals surface area (Å²) in [4.78, 5) is 30.1. The van der Waals surface area contributed by atoms with Crippen LogP contribution in [0.4, 0.5) is 4.79 Å². The molecule has 0 aromatic heterocycles. The van der Waals surface area contributed by atoms with E-state index in [1.807, 2.05) is 20.8 Å². The molecule has 0 unspecified atom stereocenters. The van der Waals surface area contributed by atoms with Crippen LogP contribution in [0, 0.1) is 5.92 Å². The SMILES string of the molecule is C=C(C)[C@@H]1CN(CC(=O)C(C)C)C(=O)N1OC. The van der Waals surface area contributed by atoms with Crippen molar-refractivity contribution in [3.63, 3.8) is 0 Å². The van der Waals surface area contributed by atoms with Gasteiger partial charge in [-0.2, -0.15) is 5.06 Å². The van der Waals surface area contributed by atoms with E-state index in [2.05, 4.69) is 6.58 Å². The molecule has 0 aromatic carbocycles. The Morgan fingerprint density at radius 2 is 2.18 bits per heavy atom. The summed E-state index contributed by atoms with van der Waals surface area (Å²) in [6.07, 6.45) is 0. The largest absolute Gasteiger partial charge is 0.345 e. The molecule has 5 heteroatoms. The first-order valence-electron chi connectivity index (χ1n) is 5.68. The Morgan fingerprint density at radius 1 is 1.59 bits per heavy atom. The number of hydrogen-bond donors (Lipinski definition) is 0. The van der Waals surface area contributed by atoms with Crippen LogP contribution in [0.2, 0.25) is 0 Å². The first kappa shape index (κ1) is 13.7. The van der Waals surface area contributed by atoms with Gasteiger partial charge in [0.1, 0.15) is 0 Å². The molecule has 1 rings (SSSR count). The molecule has 0 radical (unpaired) electrons. The minimum Gasteiger partial charge on any atom is -0.313 e. The molecule has 1 saturated heterocycles. The van der Waals surface area contributed by atoms with Gasteiger partial charge in [0, 0.05) is 12.5 Å². The van der Waals surface area contributed by atoms with Crippen molar-refractivity contribution in [2.24, 2.45) is 5.92 Å². The summed E-state index contributed by atoms with van der Waals surface area (Å²) < 4.78 is 0. The number of nitrogens with zero attached hydrogens (tertiary/aromatic N) is 2. The van der Waals surface area contributed by atoms with E-state index in [4.69, 9.17) is 4.84 Å². The van der Waals surface area contributed by atoms with Gasteiger partial charge in [-0.15, -0.1) is 0 Å². The monoisotopic (exact) mass is 240 g/mol. The zero-order chi connectivity index (χ0) is 13.2. The van der Waals surface area contributed by atoms with Gasteiger partial charge in [-0.05, 0) is 6.92 Å². The molecule has 0 saturated carbocycles. The number of hydrogen-bond acceptors (Lipinski definition) is 3. The molecule has 2 amide bonds. The molecule has 0 bridgehead atoms. The summed E-state index contributed by atoms with van der Waals surface area (Å²) in [5.41, 5.74) is 0.847. The molecule has 1 fully saturated rings. The highest BCUT2D eigenvalue weighted by atomic mass is 16.7. The van der Waals surface area contributed by atoms with E-state index in [1.54, 1.807) is 0 Å². The van der Waals surface area contributed by atoms with Crippen molar-refractivity contribution in [2.45, 2.75) is 26.8 Å². The second kappa shape index (κ2) is 5.31. The van der Waals surface area contributed by atoms with Gasteiger partial charge in [0.15, 0.2) is 5.78 Å². The summed E-state index contributed by atoms with van der Waals surface area (Å²) in [5, 5.41) is 1.27. The molecule has 96 valence electrons. The number of hydroxylamine groups is 2. The van der Waals surface area contributed by atoms with E-state index < -0.39 is 0 Å². The minimum absolute atomic E-state index is 0.0526. The summed E-state index contributed by atoms with van der Waals surface area (Å²) in [6.45, 7) is 9.93. The topological polar surface area (TPSA) is 49.9 Å². The maximum Gasteiger partial charge on any atom is 0.345 e. The Labute approximate surface area is 102 Å². The quantitative estimate of drug-likeness (QED) is 0.683. The lowest BCUT2D eigenvalue weighted by molar-refractivity contribution is -0.122. The van der Waals surface area contributed by atoms with Crippen molar-refractivity contribution >= 4 is 11.8 Å². The standard InChI is InChI=1S/C12H20N2O3/c1-8(2)10-6-13(7-11(15)9(3)4)12(16)14(10)17-5/h9-10H,1,6-7H2,2-5H3/t10-/m0/s1. The van der Waals surface area contributed by atoms with E-state index in [0.717, 1.165) is 5.57 Å². The van der Waals surface area contributed by atoms with Gasteiger partial charge in [0.25, 0.3) is 0 Å². The second-order valence-electron chi connectivity index (χ2n) is 4.65. The molecule has 1 aliphatic rings. The highest BCUT2D eigenvalue weighted by molar-refractivity contribution is 5.87. The number of Topliss-reactive ketones (excluding diaryl/α,β-unsaturated/α-hetero) is 1. The van der Waals surface area contributed by atoms with E-state index >= 15 is 0 Å². The van der Waals surface area contributed by atoms with Crippen LogP contribution >= 0.6 is 0 Å². The second-order valence-corrected chi connectivity index (χ2v) is 4.65.